The molecule has 0 unspecified atom stereocenters. The molecule has 0 saturated carbocycles. The number of hydrogen-bond donors (Lipinski definition) is 1. The number of carbonyl (C=O) groups excluding carboxylic acids is 2. The Hall–Kier alpha value is -3.22. The van der Waals surface area contributed by atoms with Crippen LogP contribution in [0.3, 0.4) is 0 Å². The predicted octanol–water partition coefficient (Wildman–Crippen LogP) is 2.18. The maximum atomic E-state index is 13.3. The average Bonchev–Trinajstić information content (AvgIpc) is 2.86. The van der Waals surface area contributed by atoms with Crippen molar-refractivity contribution in [3.05, 3.63) is 47.3 Å². The van der Waals surface area contributed by atoms with Crippen LogP contribution in [0.1, 0.15) is 21.7 Å². The summed E-state index contributed by atoms with van der Waals surface area (Å²) in [6, 6.07) is 9.05. The number of benzene rings is 1. The molecule has 7 nitrogen and oxygen atoms in total. The third-order valence-electron chi connectivity index (χ3n) is 4.34. The van der Waals surface area contributed by atoms with Gasteiger partial charge >= 0.3 is 0 Å². The molecule has 2 aromatic heterocycles. The van der Waals surface area contributed by atoms with Gasteiger partial charge in [-0.2, -0.15) is 5.10 Å². The van der Waals surface area contributed by atoms with Gasteiger partial charge in [-0.05, 0) is 32.0 Å². The van der Waals surface area contributed by atoms with Crippen LogP contribution < -0.4 is 10.2 Å². The molecule has 0 aliphatic carbocycles. The summed E-state index contributed by atoms with van der Waals surface area (Å²) in [6.45, 7) is 3.68. The number of aromatic nitrogens is 3. The number of nitrogens with one attached hydrogen (secondary N) is 1. The van der Waals surface area contributed by atoms with Crippen molar-refractivity contribution < 1.29 is 9.59 Å². The number of pyridine rings is 1. The van der Waals surface area contributed by atoms with E-state index in [0.717, 1.165) is 16.8 Å². The smallest absolute Gasteiger partial charge is 0.259 e. The first kappa shape index (κ1) is 15.3. The molecule has 0 atom stereocenters. The monoisotopic (exact) mass is 335 g/mol. The molecule has 2 amide bonds. The van der Waals surface area contributed by atoms with E-state index in [1.807, 2.05) is 32.0 Å². The molecule has 126 valence electrons. The zero-order valence-electron chi connectivity index (χ0n) is 14.2. The lowest BCUT2D eigenvalue weighted by Crippen LogP contribution is -2.42. The summed E-state index contributed by atoms with van der Waals surface area (Å²) in [7, 11) is 1.81. The van der Waals surface area contributed by atoms with Crippen molar-refractivity contribution in [1.82, 2.24) is 14.8 Å². The molecule has 1 N–H and O–H groups in total. The summed E-state index contributed by atoms with van der Waals surface area (Å²) >= 11 is 0. The number of carbonyl (C=O) groups is 2. The van der Waals surface area contributed by atoms with Crippen molar-refractivity contribution in [1.29, 1.82) is 0 Å². The summed E-state index contributed by atoms with van der Waals surface area (Å²) in [5.41, 5.74) is 3.97. The van der Waals surface area contributed by atoms with Crippen molar-refractivity contribution in [3.63, 3.8) is 0 Å². The van der Waals surface area contributed by atoms with Gasteiger partial charge in [0.05, 0.1) is 28.0 Å². The number of rotatable bonds is 1. The maximum Gasteiger partial charge on any atom is 0.259 e. The Balaban J connectivity index is 1.90. The summed E-state index contributed by atoms with van der Waals surface area (Å²) in [6.07, 6.45) is 0. The molecule has 1 aromatic carbocycles. The second kappa shape index (κ2) is 5.41. The van der Waals surface area contributed by atoms with Gasteiger partial charge in [0.25, 0.3) is 5.91 Å². The number of amides is 2. The fourth-order valence-corrected chi connectivity index (χ4v) is 3.30. The first-order chi connectivity index (χ1) is 12.0. The van der Waals surface area contributed by atoms with E-state index in [4.69, 9.17) is 0 Å². The molecule has 1 aliphatic heterocycles. The Kier molecular flexibility index (Phi) is 3.31. The van der Waals surface area contributed by atoms with Gasteiger partial charge in [0, 0.05) is 12.7 Å². The van der Waals surface area contributed by atoms with Gasteiger partial charge in [0.1, 0.15) is 6.54 Å². The van der Waals surface area contributed by atoms with Gasteiger partial charge in [-0.15, -0.1) is 0 Å². The van der Waals surface area contributed by atoms with Crippen LogP contribution in [0.5, 0.6) is 0 Å². The van der Waals surface area contributed by atoms with E-state index in [1.54, 1.807) is 23.9 Å². The third kappa shape index (κ3) is 2.36. The minimum absolute atomic E-state index is 0.0159. The zero-order valence-corrected chi connectivity index (χ0v) is 14.2. The molecule has 0 saturated heterocycles. The fourth-order valence-electron chi connectivity index (χ4n) is 3.30. The van der Waals surface area contributed by atoms with Crippen molar-refractivity contribution in [2.24, 2.45) is 7.05 Å². The van der Waals surface area contributed by atoms with Crippen molar-refractivity contribution in [2.45, 2.75) is 13.8 Å². The molecule has 0 fully saturated rings. The third-order valence-corrected chi connectivity index (χ3v) is 4.34. The summed E-state index contributed by atoms with van der Waals surface area (Å²) < 4.78 is 1.67. The van der Waals surface area contributed by atoms with Gasteiger partial charge in [-0.25, -0.2) is 4.98 Å². The van der Waals surface area contributed by atoms with Crippen LogP contribution in [-0.2, 0) is 11.8 Å². The van der Waals surface area contributed by atoms with Crippen molar-refractivity contribution in [2.75, 3.05) is 16.8 Å². The van der Waals surface area contributed by atoms with Gasteiger partial charge in [-0.3, -0.25) is 19.2 Å². The van der Waals surface area contributed by atoms with Crippen molar-refractivity contribution in [3.8, 4) is 0 Å². The van der Waals surface area contributed by atoms with Gasteiger partial charge in [0.2, 0.25) is 5.91 Å². The predicted molar refractivity (Wildman–Crippen MR) is 94.7 cm³/mol. The van der Waals surface area contributed by atoms with Crippen LogP contribution in [0.25, 0.3) is 11.0 Å². The maximum absolute atomic E-state index is 13.3. The first-order valence-electron chi connectivity index (χ1n) is 7.97. The molecular weight excluding hydrogens is 318 g/mol. The number of hydrogen-bond acceptors (Lipinski definition) is 4. The van der Waals surface area contributed by atoms with E-state index in [2.05, 4.69) is 15.4 Å². The SMILES string of the molecule is Cc1cc(C(=O)N2CC(=O)Nc3ccccc32)c2c(C)nn(C)c2n1. The van der Waals surface area contributed by atoms with E-state index >= 15 is 0 Å². The lowest BCUT2D eigenvalue weighted by atomic mass is 10.1. The largest absolute Gasteiger partial charge is 0.323 e. The van der Waals surface area contributed by atoms with Crippen LogP contribution in [0.15, 0.2) is 30.3 Å². The number of nitrogens with zero attached hydrogens (tertiary/aromatic N) is 4. The molecule has 3 aromatic rings. The summed E-state index contributed by atoms with van der Waals surface area (Å²) in [4.78, 5) is 31.4. The lowest BCUT2D eigenvalue weighted by molar-refractivity contribution is -0.115. The van der Waals surface area contributed by atoms with E-state index in [-0.39, 0.29) is 18.4 Å². The Morgan fingerprint density at radius 1 is 1.24 bits per heavy atom. The van der Waals surface area contributed by atoms with Crippen LogP contribution in [0, 0.1) is 13.8 Å². The van der Waals surface area contributed by atoms with E-state index in [9.17, 15) is 9.59 Å². The van der Waals surface area contributed by atoms with E-state index in [1.165, 1.54) is 4.90 Å². The topological polar surface area (TPSA) is 80.1 Å². The Bertz CT molecular complexity index is 1040. The highest BCUT2D eigenvalue weighted by Gasteiger charge is 2.29. The number of aryl methyl sites for hydroxylation is 3. The Morgan fingerprint density at radius 3 is 2.80 bits per heavy atom. The highest BCUT2D eigenvalue weighted by atomic mass is 16.2. The standard InChI is InChI=1S/C18H17N5O2/c1-10-8-12(16-11(2)21-22(3)17(16)19-10)18(25)23-9-15(24)20-13-6-4-5-7-14(13)23/h4-8H,9H2,1-3H3,(H,20,24). The normalized spacial score (nSPS) is 13.7. The van der Waals surface area contributed by atoms with Gasteiger partial charge < -0.3 is 5.32 Å². The minimum Gasteiger partial charge on any atom is -0.323 e. The Labute approximate surface area is 144 Å². The van der Waals surface area contributed by atoms with Crippen molar-refractivity contribution >= 4 is 34.2 Å². The second-order valence-corrected chi connectivity index (χ2v) is 6.18. The van der Waals surface area contributed by atoms with E-state index in [0.29, 0.717) is 22.6 Å². The summed E-state index contributed by atoms with van der Waals surface area (Å²) in [5, 5.41) is 7.91. The number of para-hydroxylation sites is 2. The molecule has 0 spiro atoms. The van der Waals surface area contributed by atoms with Gasteiger partial charge in [0.15, 0.2) is 5.65 Å². The molecular formula is C18H17N5O2. The quantitative estimate of drug-likeness (QED) is 0.739. The lowest BCUT2D eigenvalue weighted by Gasteiger charge is -2.29. The van der Waals surface area contributed by atoms with Crippen LogP contribution in [0.2, 0.25) is 0 Å². The van der Waals surface area contributed by atoms with Crippen LogP contribution >= 0.6 is 0 Å². The van der Waals surface area contributed by atoms with Crippen LogP contribution in [0.4, 0.5) is 11.4 Å². The van der Waals surface area contributed by atoms with Gasteiger partial charge in [-0.1, -0.05) is 12.1 Å². The Morgan fingerprint density at radius 2 is 2.00 bits per heavy atom. The number of fused-ring (bicyclic) bond motifs is 2. The number of anilines is 2. The first-order valence-corrected chi connectivity index (χ1v) is 7.97. The molecule has 0 bridgehead atoms. The highest BCUT2D eigenvalue weighted by Crippen LogP contribution is 2.32. The average molecular weight is 335 g/mol. The fraction of sp³-hybridized carbons (Fsp3) is 0.222. The highest BCUT2D eigenvalue weighted by molar-refractivity contribution is 6.19. The molecule has 4 rings (SSSR count). The van der Waals surface area contributed by atoms with Crippen LogP contribution in [-0.4, -0.2) is 33.1 Å². The van der Waals surface area contributed by atoms with E-state index < -0.39 is 0 Å². The molecule has 7 heteroatoms. The molecule has 3 heterocycles. The molecule has 1 aliphatic rings. The summed E-state index contributed by atoms with van der Waals surface area (Å²) in [5.74, 6) is -0.439. The minimum atomic E-state index is -0.228. The molecule has 25 heavy (non-hydrogen) atoms. The molecule has 0 radical (unpaired) electrons. The second-order valence-electron chi connectivity index (χ2n) is 6.18. The zero-order chi connectivity index (χ0) is 17.7.